The Kier molecular flexibility index (Phi) is 14.6. The summed E-state index contributed by atoms with van der Waals surface area (Å²) in [6, 6.07) is 63.8. The number of nitrogens with zero attached hydrogens (tertiary/aromatic N) is 4. The molecule has 0 aliphatic heterocycles. The zero-order valence-corrected chi connectivity index (χ0v) is 39.0. The van der Waals surface area contributed by atoms with Crippen molar-refractivity contribution in [1.82, 2.24) is 19.1 Å². The summed E-state index contributed by atoms with van der Waals surface area (Å²) in [4.78, 5) is 9.99. The second-order valence-electron chi connectivity index (χ2n) is 15.8. The summed E-state index contributed by atoms with van der Waals surface area (Å²) < 4.78 is 44.2. The van der Waals surface area contributed by atoms with E-state index in [1.807, 2.05) is 39.0 Å². The van der Waals surface area contributed by atoms with Crippen LogP contribution in [0, 0.1) is 11.6 Å². The van der Waals surface area contributed by atoms with Crippen LogP contribution in [0.5, 0.6) is 0 Å². The minimum Gasteiger partial charge on any atom is -0.309 e. The van der Waals surface area contributed by atoms with Crippen LogP contribution in [0.3, 0.4) is 0 Å². The van der Waals surface area contributed by atoms with Crippen molar-refractivity contribution in [3.05, 3.63) is 243 Å². The molecule has 0 aliphatic carbocycles. The number of benzene rings is 8. The van der Waals surface area contributed by atoms with Gasteiger partial charge in [-0.25, -0.2) is 23.1 Å². The van der Waals surface area contributed by atoms with Gasteiger partial charge in [0.2, 0.25) is 0 Å². The average Bonchev–Trinajstić information content (AvgIpc) is 3.92. The molecule has 0 fully saturated rings. The Hall–Kier alpha value is -8.55. The normalized spacial score (nSPS) is 11.0. The molecule has 3 heterocycles. The largest absolute Gasteiger partial charge is 0.309 e. The minimum atomic E-state index is -0.324. The van der Waals surface area contributed by atoms with Crippen LogP contribution in [0.1, 0.15) is 27.7 Å². The van der Waals surface area contributed by atoms with Gasteiger partial charge in [-0.1, -0.05) is 118 Å². The molecule has 0 unspecified atom stereocenters. The Bertz CT molecular complexity index is 3540. The van der Waals surface area contributed by atoms with Gasteiger partial charge in [-0.3, -0.25) is 0 Å². The molecule has 0 spiro atoms. The van der Waals surface area contributed by atoms with Crippen LogP contribution in [0.4, 0.5) is 13.2 Å². The summed E-state index contributed by atoms with van der Waals surface area (Å²) in [5.74, 6) is -0.410. The van der Waals surface area contributed by atoms with Gasteiger partial charge in [-0.15, -0.1) is 6.58 Å². The molecule has 0 saturated carbocycles. The van der Waals surface area contributed by atoms with Crippen molar-refractivity contribution in [2.45, 2.75) is 27.7 Å². The highest BCUT2D eigenvalue weighted by Crippen LogP contribution is 2.39. The van der Waals surface area contributed by atoms with Crippen molar-refractivity contribution in [3.8, 4) is 56.4 Å². The van der Waals surface area contributed by atoms with Crippen LogP contribution in [-0.4, -0.2) is 19.1 Å². The molecule has 8 aromatic carbocycles. The average molecular weight is 909 g/mol. The number of hydrogen-bond donors (Lipinski definition) is 0. The van der Waals surface area contributed by atoms with Crippen molar-refractivity contribution < 1.29 is 13.2 Å². The van der Waals surface area contributed by atoms with Crippen LogP contribution in [0.25, 0.3) is 100 Å². The molecule has 0 bridgehead atoms. The number of rotatable bonds is 7. The molecule has 7 heteroatoms. The van der Waals surface area contributed by atoms with Gasteiger partial charge in [-0.2, -0.15) is 0 Å². The summed E-state index contributed by atoms with van der Waals surface area (Å²) in [6.07, 6.45) is 4.27. The summed E-state index contributed by atoms with van der Waals surface area (Å²) in [5.41, 5.74) is 12.4. The van der Waals surface area contributed by atoms with Crippen molar-refractivity contribution in [2.24, 2.45) is 0 Å². The third-order valence-corrected chi connectivity index (χ3v) is 11.5. The molecule has 340 valence electrons. The van der Waals surface area contributed by atoms with Crippen LogP contribution < -0.4 is 0 Å². The minimum absolute atomic E-state index is 0.269. The zero-order chi connectivity index (χ0) is 48.4. The molecule has 0 atom stereocenters. The highest BCUT2D eigenvalue weighted by atomic mass is 19.1. The van der Waals surface area contributed by atoms with Gasteiger partial charge in [0.25, 0.3) is 0 Å². The van der Waals surface area contributed by atoms with Crippen LogP contribution in [-0.2, 0) is 0 Å². The van der Waals surface area contributed by atoms with E-state index in [1.165, 1.54) is 52.7 Å². The third-order valence-electron chi connectivity index (χ3n) is 11.5. The van der Waals surface area contributed by atoms with Crippen molar-refractivity contribution in [2.75, 3.05) is 0 Å². The first-order valence-electron chi connectivity index (χ1n) is 22.9. The first kappa shape index (κ1) is 47.0. The number of halogens is 3. The van der Waals surface area contributed by atoms with E-state index in [1.54, 1.807) is 37.3 Å². The summed E-state index contributed by atoms with van der Waals surface area (Å²) in [6.45, 7) is 14.1. The van der Waals surface area contributed by atoms with E-state index >= 15 is 0 Å². The number of allylic oxidation sites excluding steroid dienone is 4. The number of para-hydroxylation sites is 3. The lowest BCUT2D eigenvalue weighted by Gasteiger charge is -2.13. The van der Waals surface area contributed by atoms with Crippen molar-refractivity contribution in [1.29, 1.82) is 0 Å². The maximum atomic E-state index is 14.0. The van der Waals surface area contributed by atoms with Gasteiger partial charge in [0.1, 0.15) is 17.5 Å². The van der Waals surface area contributed by atoms with Gasteiger partial charge in [0.05, 0.1) is 33.5 Å². The molecular formula is C62H51F3N4. The highest BCUT2D eigenvalue weighted by Gasteiger charge is 2.18. The van der Waals surface area contributed by atoms with E-state index < -0.39 is 0 Å². The van der Waals surface area contributed by atoms with Crippen molar-refractivity contribution >= 4 is 43.6 Å². The molecule has 3 aromatic heterocycles. The summed E-state index contributed by atoms with van der Waals surface area (Å²) in [7, 11) is 0. The smallest absolute Gasteiger partial charge is 0.160 e. The molecule has 11 aromatic rings. The lowest BCUT2D eigenvalue weighted by molar-refractivity contribution is 0.627. The standard InChI is InChI=1S/C52H32F2N4.C5H7F.C3H6.C2H6/c53-38-23-17-33(18-24-38)46-32-47(34-19-25-39(54)26-20-34)56-52(55-46)37-9-8-12-41(29-37)58-48-15-6-4-13-42(48)44-27-21-36(31-51(44)58)35-22-28-50-45(30-35)43-14-5-7-16-49(43)57(50)40-10-2-1-3-11-40;1-3-5(6)4-2;1-3-2;1-2/h1-32H;3-4H,1H2,2H3;3H,1H2,2H3;1-2H3/b;5-4+;;. The van der Waals surface area contributed by atoms with Gasteiger partial charge in [0.15, 0.2) is 5.82 Å². The van der Waals surface area contributed by atoms with E-state index in [4.69, 9.17) is 9.97 Å². The molecule has 0 radical (unpaired) electrons. The molecule has 11 rings (SSSR count). The van der Waals surface area contributed by atoms with Gasteiger partial charge >= 0.3 is 0 Å². The number of fused-ring (bicyclic) bond motifs is 6. The monoisotopic (exact) mass is 908 g/mol. The van der Waals surface area contributed by atoms with E-state index in [0.717, 1.165) is 66.5 Å². The summed E-state index contributed by atoms with van der Waals surface area (Å²) in [5, 5.41) is 4.72. The first-order valence-corrected chi connectivity index (χ1v) is 22.9. The van der Waals surface area contributed by atoms with Crippen LogP contribution in [0.15, 0.2) is 231 Å². The Morgan fingerprint density at radius 1 is 0.435 bits per heavy atom. The molecule has 0 saturated heterocycles. The predicted octanol–water partition coefficient (Wildman–Crippen LogP) is 17.9. The maximum absolute atomic E-state index is 14.0. The lowest BCUT2D eigenvalue weighted by atomic mass is 10.0. The first-order chi connectivity index (χ1) is 33.8. The lowest BCUT2D eigenvalue weighted by Crippen LogP contribution is -1.98. The second-order valence-corrected chi connectivity index (χ2v) is 15.8. The molecule has 4 nitrogen and oxygen atoms in total. The number of aromatic nitrogens is 4. The fraction of sp³-hybridized carbons (Fsp3) is 0.0645. The molecular weight excluding hydrogens is 858 g/mol. The fourth-order valence-corrected chi connectivity index (χ4v) is 8.45. The predicted molar refractivity (Wildman–Crippen MR) is 285 cm³/mol. The van der Waals surface area contributed by atoms with E-state index in [2.05, 4.69) is 150 Å². The zero-order valence-electron chi connectivity index (χ0n) is 39.0. The third kappa shape index (κ3) is 9.81. The van der Waals surface area contributed by atoms with Gasteiger partial charge in [-0.05, 0) is 140 Å². The maximum Gasteiger partial charge on any atom is 0.160 e. The molecule has 69 heavy (non-hydrogen) atoms. The van der Waals surface area contributed by atoms with Crippen LogP contribution in [0.2, 0.25) is 0 Å². The van der Waals surface area contributed by atoms with E-state index in [-0.39, 0.29) is 17.5 Å². The topological polar surface area (TPSA) is 35.6 Å². The Labute approximate surface area is 401 Å². The second kappa shape index (κ2) is 21.4. The molecule has 0 aliphatic rings. The Morgan fingerprint density at radius 3 is 1.46 bits per heavy atom. The molecule has 0 N–H and O–H groups in total. The van der Waals surface area contributed by atoms with E-state index in [9.17, 15) is 13.2 Å². The van der Waals surface area contributed by atoms with Gasteiger partial charge < -0.3 is 9.13 Å². The quantitative estimate of drug-likeness (QED) is 0.118. The Morgan fingerprint density at radius 2 is 0.899 bits per heavy atom. The van der Waals surface area contributed by atoms with Crippen molar-refractivity contribution in [3.63, 3.8) is 0 Å². The fourth-order valence-electron chi connectivity index (χ4n) is 8.45. The summed E-state index contributed by atoms with van der Waals surface area (Å²) >= 11 is 0. The Balaban J connectivity index is 0.000000533. The highest BCUT2D eigenvalue weighted by molar-refractivity contribution is 6.12. The molecule has 0 amide bonds. The number of hydrogen-bond acceptors (Lipinski definition) is 2. The van der Waals surface area contributed by atoms with Crippen LogP contribution >= 0.6 is 0 Å². The van der Waals surface area contributed by atoms with Gasteiger partial charge in [0, 0.05) is 49.6 Å². The SMILES string of the molecule is C=C/C(F)=C\C.C=CC.CC.Fc1ccc(-c2cc(-c3ccc(F)cc3)nc(-c3cccc(-n4c5ccccc5c5ccc(-c6ccc7c(c6)c6ccccc6n7-c6ccccc6)cc54)c3)n2)cc1. The van der Waals surface area contributed by atoms with E-state index in [0.29, 0.717) is 17.2 Å².